The van der Waals surface area contributed by atoms with Gasteiger partial charge in [0.1, 0.15) is 5.69 Å². The van der Waals surface area contributed by atoms with E-state index in [-0.39, 0.29) is 30.7 Å². The molecular weight excluding hydrogens is 346 g/mol. The summed E-state index contributed by atoms with van der Waals surface area (Å²) in [5.74, 6) is -0.749. The van der Waals surface area contributed by atoms with Gasteiger partial charge in [-0.25, -0.2) is 9.59 Å². The number of nitrogens with zero attached hydrogens (tertiary/aromatic N) is 1. The minimum Gasteiger partial charge on any atom is -0.461 e. The summed E-state index contributed by atoms with van der Waals surface area (Å²) in [6.07, 6.45) is 1.58. The van der Waals surface area contributed by atoms with Gasteiger partial charge in [0.25, 0.3) is 0 Å². The van der Waals surface area contributed by atoms with Crippen molar-refractivity contribution in [1.82, 2.24) is 15.2 Å². The van der Waals surface area contributed by atoms with Crippen LogP contribution in [0.5, 0.6) is 0 Å². The molecule has 27 heavy (non-hydrogen) atoms. The molecule has 150 valence electrons. The molecule has 1 aromatic rings. The highest BCUT2D eigenvalue weighted by Gasteiger charge is 2.31. The van der Waals surface area contributed by atoms with Gasteiger partial charge < -0.3 is 19.9 Å². The predicted molar refractivity (Wildman–Crippen MR) is 105 cm³/mol. The van der Waals surface area contributed by atoms with Crippen LogP contribution in [-0.4, -0.2) is 52.4 Å². The van der Waals surface area contributed by atoms with E-state index in [4.69, 9.17) is 4.74 Å². The molecule has 0 radical (unpaired) electrons. The lowest BCUT2D eigenvalue weighted by Gasteiger charge is -2.31. The van der Waals surface area contributed by atoms with Gasteiger partial charge in [-0.05, 0) is 54.0 Å². The van der Waals surface area contributed by atoms with Crippen LogP contribution in [0.1, 0.15) is 66.7 Å². The Morgan fingerprint density at radius 2 is 1.89 bits per heavy atom. The van der Waals surface area contributed by atoms with Crippen molar-refractivity contribution in [3.8, 4) is 0 Å². The minimum absolute atomic E-state index is 0.224. The summed E-state index contributed by atoms with van der Waals surface area (Å²) in [7, 11) is 0. The van der Waals surface area contributed by atoms with E-state index in [0.717, 1.165) is 0 Å². The average molecular weight is 377 g/mol. The molecule has 7 nitrogen and oxygen atoms in total. The maximum atomic E-state index is 13.1. The predicted octanol–water partition coefficient (Wildman–Crippen LogP) is 3.38. The van der Waals surface area contributed by atoms with Crippen molar-refractivity contribution in [2.45, 2.75) is 60.0 Å². The van der Waals surface area contributed by atoms with Gasteiger partial charge in [-0.15, -0.1) is 6.58 Å². The third-order valence-corrected chi connectivity index (χ3v) is 4.08. The van der Waals surface area contributed by atoms with Crippen LogP contribution in [0.15, 0.2) is 12.7 Å². The van der Waals surface area contributed by atoms with E-state index in [0.29, 0.717) is 16.8 Å². The fraction of sp³-hybridized carbons (Fsp3) is 0.550. The van der Waals surface area contributed by atoms with Crippen molar-refractivity contribution in [3.05, 3.63) is 35.2 Å². The molecule has 0 saturated carbocycles. The Labute approximate surface area is 161 Å². The SMILES string of the molecule is C=CCN(C(=O)NC(C)(C)C)C(C)C(=O)c1c(C)[nH]c(C(=O)OCC)c1C. The number of nitrogens with one attached hydrogen (secondary N) is 2. The molecule has 2 N–H and O–H groups in total. The fourth-order valence-electron chi connectivity index (χ4n) is 2.83. The lowest BCUT2D eigenvalue weighted by atomic mass is 10.00. The number of rotatable bonds is 7. The maximum absolute atomic E-state index is 13.1. The van der Waals surface area contributed by atoms with Gasteiger partial charge >= 0.3 is 12.0 Å². The van der Waals surface area contributed by atoms with E-state index >= 15 is 0 Å². The normalized spacial score (nSPS) is 12.3. The summed E-state index contributed by atoms with van der Waals surface area (Å²) in [5, 5.41) is 2.87. The molecule has 2 amide bonds. The summed E-state index contributed by atoms with van der Waals surface area (Å²) >= 11 is 0. The first-order valence-electron chi connectivity index (χ1n) is 9.04. The third kappa shape index (κ3) is 5.45. The Morgan fingerprint density at radius 1 is 1.30 bits per heavy atom. The average Bonchev–Trinajstić information content (AvgIpc) is 2.84. The number of aryl methyl sites for hydroxylation is 1. The number of ketones is 1. The van der Waals surface area contributed by atoms with Crippen LogP contribution in [0.2, 0.25) is 0 Å². The number of amides is 2. The van der Waals surface area contributed by atoms with Crippen molar-refractivity contribution in [1.29, 1.82) is 0 Å². The lowest BCUT2D eigenvalue weighted by Crippen LogP contribution is -2.53. The number of H-pyrrole nitrogens is 1. The quantitative estimate of drug-likeness (QED) is 0.433. The first kappa shape index (κ1) is 22.5. The molecule has 0 aromatic carbocycles. The number of hydrogen-bond donors (Lipinski definition) is 2. The standard InChI is InChI=1S/C20H31N3O4/c1-9-11-23(19(26)22-20(6,7)8)14(5)17(24)15-12(3)16(21-13(15)4)18(25)27-10-2/h9,14,21H,1,10-11H2,2-8H3,(H,22,26). The molecule has 0 fully saturated rings. The second-order valence-electron chi connectivity index (χ2n) is 7.51. The van der Waals surface area contributed by atoms with Gasteiger partial charge in [0.15, 0.2) is 5.78 Å². The van der Waals surface area contributed by atoms with E-state index in [1.807, 2.05) is 20.8 Å². The molecule has 7 heteroatoms. The number of carbonyl (C=O) groups is 3. The van der Waals surface area contributed by atoms with Crippen LogP contribution in [0.4, 0.5) is 4.79 Å². The highest BCUT2D eigenvalue weighted by atomic mass is 16.5. The molecular formula is C20H31N3O4. The number of esters is 1. The minimum atomic E-state index is -0.728. The van der Waals surface area contributed by atoms with E-state index in [1.54, 1.807) is 33.8 Å². The molecule has 0 aliphatic carbocycles. The Morgan fingerprint density at radius 3 is 2.37 bits per heavy atom. The Balaban J connectivity index is 3.20. The van der Waals surface area contributed by atoms with E-state index in [9.17, 15) is 14.4 Å². The van der Waals surface area contributed by atoms with Crippen LogP contribution in [0.3, 0.4) is 0 Å². The van der Waals surface area contributed by atoms with Crippen molar-refractivity contribution in [3.63, 3.8) is 0 Å². The number of hydrogen-bond acceptors (Lipinski definition) is 4. The zero-order valence-electron chi connectivity index (χ0n) is 17.4. The van der Waals surface area contributed by atoms with E-state index < -0.39 is 17.6 Å². The molecule has 0 aliphatic rings. The molecule has 1 heterocycles. The largest absolute Gasteiger partial charge is 0.461 e. The van der Waals surface area contributed by atoms with Crippen LogP contribution in [0, 0.1) is 13.8 Å². The highest BCUT2D eigenvalue weighted by Crippen LogP contribution is 2.22. The van der Waals surface area contributed by atoms with Crippen LogP contribution in [-0.2, 0) is 4.74 Å². The third-order valence-electron chi connectivity index (χ3n) is 4.08. The van der Waals surface area contributed by atoms with Gasteiger partial charge in [0.2, 0.25) is 0 Å². The molecule has 0 spiro atoms. The van der Waals surface area contributed by atoms with Crippen LogP contribution >= 0.6 is 0 Å². The summed E-state index contributed by atoms with van der Waals surface area (Å²) in [4.78, 5) is 42.2. The first-order chi connectivity index (χ1) is 12.4. The summed E-state index contributed by atoms with van der Waals surface area (Å²) < 4.78 is 5.03. The number of aromatic amines is 1. The van der Waals surface area contributed by atoms with Gasteiger partial charge in [-0.1, -0.05) is 6.08 Å². The zero-order valence-corrected chi connectivity index (χ0v) is 17.4. The van der Waals surface area contributed by atoms with Crippen molar-refractivity contribution < 1.29 is 19.1 Å². The number of aromatic nitrogens is 1. The first-order valence-corrected chi connectivity index (χ1v) is 9.04. The lowest BCUT2D eigenvalue weighted by molar-refractivity contribution is 0.0519. The van der Waals surface area contributed by atoms with Gasteiger partial charge in [0, 0.05) is 23.3 Å². The van der Waals surface area contributed by atoms with Gasteiger partial charge in [0.05, 0.1) is 12.6 Å². The molecule has 1 atom stereocenters. The molecule has 1 unspecified atom stereocenters. The van der Waals surface area contributed by atoms with Crippen molar-refractivity contribution in [2.75, 3.05) is 13.2 Å². The summed E-state index contributed by atoms with van der Waals surface area (Å²) in [5.41, 5.74) is 1.33. The summed E-state index contributed by atoms with van der Waals surface area (Å²) in [6.45, 7) is 16.6. The fourth-order valence-corrected chi connectivity index (χ4v) is 2.83. The van der Waals surface area contributed by atoms with Gasteiger partial charge in [-0.3, -0.25) is 4.79 Å². The molecule has 0 saturated heterocycles. The Bertz CT molecular complexity index is 728. The molecule has 1 rings (SSSR count). The van der Waals surface area contributed by atoms with Crippen molar-refractivity contribution in [2.24, 2.45) is 0 Å². The smallest absolute Gasteiger partial charge is 0.355 e. The van der Waals surface area contributed by atoms with Crippen LogP contribution in [0.25, 0.3) is 0 Å². The van der Waals surface area contributed by atoms with Gasteiger partial charge in [-0.2, -0.15) is 0 Å². The Kier molecular flexibility index (Phi) is 7.39. The topological polar surface area (TPSA) is 91.5 Å². The summed E-state index contributed by atoms with van der Waals surface area (Å²) in [6, 6.07) is -1.08. The maximum Gasteiger partial charge on any atom is 0.355 e. The van der Waals surface area contributed by atoms with E-state index in [2.05, 4.69) is 16.9 Å². The zero-order chi connectivity index (χ0) is 20.9. The monoisotopic (exact) mass is 377 g/mol. The Hall–Kier alpha value is -2.57. The molecule has 1 aromatic heterocycles. The molecule has 0 aliphatic heterocycles. The second-order valence-corrected chi connectivity index (χ2v) is 7.51. The number of carbonyl (C=O) groups excluding carboxylic acids is 3. The number of Topliss-reactive ketones (excluding diaryl/α,β-unsaturated/α-hetero) is 1. The van der Waals surface area contributed by atoms with Crippen LogP contribution < -0.4 is 5.32 Å². The molecule has 0 bridgehead atoms. The number of ether oxygens (including phenoxy) is 1. The highest BCUT2D eigenvalue weighted by molar-refractivity contribution is 6.06. The second kappa shape index (κ2) is 8.88. The number of urea groups is 1. The van der Waals surface area contributed by atoms with Crippen molar-refractivity contribution >= 4 is 17.8 Å². The van der Waals surface area contributed by atoms with E-state index in [1.165, 1.54) is 4.90 Å².